The third-order valence-electron chi connectivity index (χ3n) is 3.29. The number of hydrogen-bond acceptors (Lipinski definition) is 3. The number of hydrogen-bond donors (Lipinski definition) is 1. The number of likely N-dealkylation sites (N-methyl/N-ethyl adjacent to an activating group) is 1. The van der Waals surface area contributed by atoms with Crippen molar-refractivity contribution in [1.82, 2.24) is 10.3 Å². The summed E-state index contributed by atoms with van der Waals surface area (Å²) in [6, 6.07) is 12.2. The van der Waals surface area contributed by atoms with Gasteiger partial charge in [-0.3, -0.25) is 4.98 Å². The lowest BCUT2D eigenvalue weighted by Crippen LogP contribution is -2.32. The number of benzene rings is 1. The zero-order valence-electron chi connectivity index (χ0n) is 12.3. The second kappa shape index (κ2) is 8.65. The highest BCUT2D eigenvalue weighted by Crippen LogP contribution is 2.17. The van der Waals surface area contributed by atoms with E-state index in [2.05, 4.69) is 17.2 Å². The molecule has 4 heteroatoms. The molecule has 1 heterocycles. The number of ether oxygens (including phenoxy) is 1. The highest BCUT2D eigenvalue weighted by molar-refractivity contribution is 6.31. The van der Waals surface area contributed by atoms with Crippen LogP contribution in [-0.4, -0.2) is 24.2 Å². The topological polar surface area (TPSA) is 34.1 Å². The summed E-state index contributed by atoms with van der Waals surface area (Å²) in [5, 5.41) is 4.21. The van der Waals surface area contributed by atoms with Crippen LogP contribution >= 0.6 is 11.6 Å². The molecule has 0 radical (unpaired) electrons. The smallest absolute Gasteiger partial charge is 0.119 e. The summed E-state index contributed by atoms with van der Waals surface area (Å²) in [6.45, 7) is 3.72. The van der Waals surface area contributed by atoms with Crippen molar-refractivity contribution < 1.29 is 4.74 Å². The molecule has 0 aliphatic carbocycles. The molecule has 0 aliphatic heterocycles. The number of pyridine rings is 1. The molecule has 112 valence electrons. The van der Waals surface area contributed by atoms with Gasteiger partial charge in [0, 0.05) is 18.4 Å². The Morgan fingerprint density at radius 1 is 1.24 bits per heavy atom. The largest absolute Gasteiger partial charge is 0.494 e. The van der Waals surface area contributed by atoms with E-state index in [1.807, 2.05) is 36.4 Å². The van der Waals surface area contributed by atoms with E-state index in [-0.39, 0.29) is 0 Å². The molecule has 0 aliphatic rings. The monoisotopic (exact) mass is 304 g/mol. The number of halogens is 1. The van der Waals surface area contributed by atoms with Crippen LogP contribution in [0, 0.1) is 0 Å². The standard InChI is InChI=1S/C17H21ClN2O/c1-2-20-15(12-14-8-10-19-13-17(14)18)9-11-21-16-6-4-3-5-7-16/h3-8,10,13,15,20H,2,9,11-12H2,1H3. The first-order valence-corrected chi connectivity index (χ1v) is 7.67. The van der Waals surface area contributed by atoms with Crippen molar-refractivity contribution in [2.24, 2.45) is 0 Å². The Labute approximate surface area is 131 Å². The maximum Gasteiger partial charge on any atom is 0.119 e. The van der Waals surface area contributed by atoms with Crippen molar-refractivity contribution >= 4 is 11.6 Å². The molecule has 0 saturated carbocycles. The number of para-hydroxylation sites is 1. The molecule has 0 amide bonds. The van der Waals surface area contributed by atoms with E-state index in [0.29, 0.717) is 12.6 Å². The lowest BCUT2D eigenvalue weighted by Gasteiger charge is -2.18. The second-order valence-electron chi connectivity index (χ2n) is 4.88. The van der Waals surface area contributed by atoms with Crippen LogP contribution in [0.2, 0.25) is 5.02 Å². The van der Waals surface area contributed by atoms with Gasteiger partial charge in [0.2, 0.25) is 0 Å². The van der Waals surface area contributed by atoms with Gasteiger partial charge in [-0.2, -0.15) is 0 Å². The van der Waals surface area contributed by atoms with Gasteiger partial charge in [0.25, 0.3) is 0 Å². The van der Waals surface area contributed by atoms with E-state index in [1.165, 1.54) is 0 Å². The van der Waals surface area contributed by atoms with Crippen molar-refractivity contribution in [2.75, 3.05) is 13.2 Å². The second-order valence-corrected chi connectivity index (χ2v) is 5.28. The first-order chi connectivity index (χ1) is 10.3. The van der Waals surface area contributed by atoms with Crippen molar-refractivity contribution in [1.29, 1.82) is 0 Å². The summed E-state index contributed by atoms with van der Waals surface area (Å²) in [4.78, 5) is 4.02. The summed E-state index contributed by atoms with van der Waals surface area (Å²) >= 11 is 6.18. The van der Waals surface area contributed by atoms with E-state index >= 15 is 0 Å². The predicted octanol–water partition coefficient (Wildman–Crippen LogP) is 3.72. The van der Waals surface area contributed by atoms with Gasteiger partial charge >= 0.3 is 0 Å². The Kier molecular flexibility index (Phi) is 6.51. The zero-order chi connectivity index (χ0) is 14.9. The third kappa shape index (κ3) is 5.37. The molecule has 2 aromatic rings. The quantitative estimate of drug-likeness (QED) is 0.807. The molecule has 3 nitrogen and oxygen atoms in total. The highest BCUT2D eigenvalue weighted by atomic mass is 35.5. The van der Waals surface area contributed by atoms with Gasteiger partial charge in [0.1, 0.15) is 5.75 Å². The van der Waals surface area contributed by atoms with Crippen molar-refractivity contribution in [3.05, 3.63) is 59.4 Å². The van der Waals surface area contributed by atoms with E-state index in [0.717, 1.165) is 35.7 Å². The average Bonchev–Trinajstić information content (AvgIpc) is 2.51. The van der Waals surface area contributed by atoms with Crippen molar-refractivity contribution in [3.63, 3.8) is 0 Å². The molecule has 1 unspecified atom stereocenters. The minimum absolute atomic E-state index is 0.346. The minimum Gasteiger partial charge on any atom is -0.494 e. The van der Waals surface area contributed by atoms with Crippen LogP contribution in [0.25, 0.3) is 0 Å². The molecule has 2 rings (SSSR count). The van der Waals surface area contributed by atoms with Gasteiger partial charge in [0.05, 0.1) is 11.6 Å². The molecular formula is C17H21ClN2O. The van der Waals surface area contributed by atoms with Gasteiger partial charge in [-0.05, 0) is 43.1 Å². The molecule has 0 spiro atoms. The van der Waals surface area contributed by atoms with Gasteiger partial charge in [0.15, 0.2) is 0 Å². The van der Waals surface area contributed by atoms with Crippen LogP contribution in [0.15, 0.2) is 48.8 Å². The highest BCUT2D eigenvalue weighted by Gasteiger charge is 2.11. The Morgan fingerprint density at radius 3 is 2.76 bits per heavy atom. The molecule has 0 bridgehead atoms. The molecule has 1 atom stereocenters. The van der Waals surface area contributed by atoms with Crippen LogP contribution < -0.4 is 10.1 Å². The third-order valence-corrected chi connectivity index (χ3v) is 3.63. The molecule has 1 aromatic carbocycles. The predicted molar refractivity (Wildman–Crippen MR) is 87.0 cm³/mol. The van der Waals surface area contributed by atoms with Gasteiger partial charge < -0.3 is 10.1 Å². The van der Waals surface area contributed by atoms with E-state index < -0.39 is 0 Å². The zero-order valence-corrected chi connectivity index (χ0v) is 13.0. The number of aromatic nitrogens is 1. The Balaban J connectivity index is 1.86. The Bertz CT molecular complexity index is 533. The normalized spacial score (nSPS) is 12.1. The van der Waals surface area contributed by atoms with Gasteiger partial charge in [-0.1, -0.05) is 36.7 Å². The molecule has 1 aromatic heterocycles. The SMILES string of the molecule is CCNC(CCOc1ccccc1)Cc1ccncc1Cl. The van der Waals surface area contributed by atoms with E-state index in [1.54, 1.807) is 12.4 Å². The Morgan fingerprint density at radius 2 is 2.05 bits per heavy atom. The molecule has 1 N–H and O–H groups in total. The van der Waals surface area contributed by atoms with Gasteiger partial charge in [-0.15, -0.1) is 0 Å². The van der Waals surface area contributed by atoms with E-state index in [4.69, 9.17) is 16.3 Å². The van der Waals surface area contributed by atoms with Gasteiger partial charge in [-0.25, -0.2) is 0 Å². The average molecular weight is 305 g/mol. The lowest BCUT2D eigenvalue weighted by atomic mass is 10.0. The van der Waals surface area contributed by atoms with Crippen LogP contribution in [0.1, 0.15) is 18.9 Å². The fourth-order valence-corrected chi connectivity index (χ4v) is 2.43. The molecule has 21 heavy (non-hydrogen) atoms. The van der Waals surface area contributed by atoms with Crippen LogP contribution in [0.4, 0.5) is 0 Å². The Hall–Kier alpha value is -1.58. The van der Waals surface area contributed by atoms with Crippen LogP contribution in [0.5, 0.6) is 5.75 Å². The molecule has 0 fully saturated rings. The lowest BCUT2D eigenvalue weighted by molar-refractivity contribution is 0.285. The summed E-state index contributed by atoms with van der Waals surface area (Å²) in [5.41, 5.74) is 1.12. The molecule has 0 saturated heterocycles. The summed E-state index contributed by atoms with van der Waals surface area (Å²) < 4.78 is 5.77. The first kappa shape index (κ1) is 15.8. The van der Waals surface area contributed by atoms with Crippen LogP contribution in [-0.2, 0) is 6.42 Å². The summed E-state index contributed by atoms with van der Waals surface area (Å²) in [5.74, 6) is 0.912. The number of nitrogens with one attached hydrogen (secondary N) is 1. The fourth-order valence-electron chi connectivity index (χ4n) is 2.24. The number of nitrogens with zero attached hydrogens (tertiary/aromatic N) is 1. The van der Waals surface area contributed by atoms with Crippen LogP contribution in [0.3, 0.4) is 0 Å². The van der Waals surface area contributed by atoms with Crippen molar-refractivity contribution in [3.8, 4) is 5.75 Å². The number of rotatable bonds is 8. The first-order valence-electron chi connectivity index (χ1n) is 7.29. The minimum atomic E-state index is 0.346. The maximum atomic E-state index is 6.18. The van der Waals surface area contributed by atoms with E-state index in [9.17, 15) is 0 Å². The summed E-state index contributed by atoms with van der Waals surface area (Å²) in [6.07, 6.45) is 5.29. The van der Waals surface area contributed by atoms with Crippen molar-refractivity contribution in [2.45, 2.75) is 25.8 Å². The summed E-state index contributed by atoms with van der Waals surface area (Å²) in [7, 11) is 0. The fraction of sp³-hybridized carbons (Fsp3) is 0.353. The maximum absolute atomic E-state index is 6.18. The molecular weight excluding hydrogens is 284 g/mol.